The predicted molar refractivity (Wildman–Crippen MR) is 86.8 cm³/mol. The fourth-order valence-corrected chi connectivity index (χ4v) is 2.95. The van der Waals surface area contributed by atoms with Crippen molar-refractivity contribution in [1.29, 1.82) is 0 Å². The number of carbonyl (C=O) groups excluding carboxylic acids is 1. The van der Waals surface area contributed by atoms with Crippen molar-refractivity contribution >= 4 is 28.5 Å². The van der Waals surface area contributed by atoms with Gasteiger partial charge in [0.2, 0.25) is 0 Å². The molecule has 1 saturated heterocycles. The second kappa shape index (κ2) is 5.56. The number of alkyl halides is 1. The van der Waals surface area contributed by atoms with Gasteiger partial charge in [-0.25, -0.2) is 13.8 Å². The summed E-state index contributed by atoms with van der Waals surface area (Å²) in [4.78, 5) is 18.4. The fourth-order valence-electron chi connectivity index (χ4n) is 2.83. The molecule has 3 heterocycles. The second-order valence-electron chi connectivity index (χ2n) is 5.69. The minimum Gasteiger partial charge on any atom is -0.331 e. The van der Waals surface area contributed by atoms with E-state index in [9.17, 15) is 13.6 Å². The molecule has 1 fully saturated rings. The van der Waals surface area contributed by atoms with Crippen molar-refractivity contribution < 1.29 is 13.6 Å². The third-order valence-electron chi connectivity index (χ3n) is 4.07. The molecule has 4 nitrogen and oxygen atoms in total. The zero-order valence-electron chi connectivity index (χ0n) is 12.4. The summed E-state index contributed by atoms with van der Waals surface area (Å²) in [7, 11) is 0. The van der Waals surface area contributed by atoms with Crippen LogP contribution in [0.5, 0.6) is 0 Å². The molecule has 0 N–H and O–H groups in total. The van der Waals surface area contributed by atoms with E-state index in [1.807, 2.05) is 6.07 Å². The Morgan fingerprint density at radius 3 is 2.75 bits per heavy atom. The third-order valence-corrected chi connectivity index (χ3v) is 4.37. The first kappa shape index (κ1) is 15.1. The van der Waals surface area contributed by atoms with Gasteiger partial charge in [-0.05, 0) is 36.4 Å². The molecule has 1 aliphatic rings. The van der Waals surface area contributed by atoms with Crippen molar-refractivity contribution in [2.75, 3.05) is 13.1 Å². The minimum atomic E-state index is -0.988. The summed E-state index contributed by atoms with van der Waals surface area (Å²) in [6.45, 7) is 0.144. The van der Waals surface area contributed by atoms with Crippen LogP contribution in [0.25, 0.3) is 16.7 Å². The first-order chi connectivity index (χ1) is 11.5. The molecule has 0 aliphatic carbocycles. The highest BCUT2D eigenvalue weighted by molar-refractivity contribution is 6.30. The lowest BCUT2D eigenvalue weighted by Gasteiger charge is -2.34. The standard InChI is InChI=1S/C17H12ClF2N3O/c18-13-4-3-12(7-14(13)20)23-15(17(24)22-8-11(19)9-22)6-10-2-1-5-21-16(10)23/h1-7,11H,8-9H2. The number of rotatable bonds is 2. The Hall–Kier alpha value is -2.47. The van der Waals surface area contributed by atoms with E-state index in [0.29, 0.717) is 17.0 Å². The molecule has 1 aliphatic heterocycles. The van der Waals surface area contributed by atoms with Crippen molar-refractivity contribution in [2.45, 2.75) is 6.17 Å². The number of carbonyl (C=O) groups is 1. The molecule has 1 amide bonds. The van der Waals surface area contributed by atoms with Gasteiger partial charge in [0.25, 0.3) is 5.91 Å². The number of benzene rings is 1. The van der Waals surface area contributed by atoms with Crippen molar-refractivity contribution in [2.24, 2.45) is 0 Å². The number of likely N-dealkylation sites (tertiary alicyclic amines) is 1. The maximum atomic E-state index is 13.9. The molecule has 0 radical (unpaired) electrons. The number of amides is 1. The van der Waals surface area contributed by atoms with Crippen LogP contribution in [0.4, 0.5) is 8.78 Å². The SMILES string of the molecule is O=C(c1cc2cccnc2n1-c1ccc(Cl)c(F)c1)N1CC(F)C1. The lowest BCUT2D eigenvalue weighted by Crippen LogP contribution is -2.51. The Morgan fingerprint density at radius 2 is 2.04 bits per heavy atom. The Morgan fingerprint density at radius 1 is 1.25 bits per heavy atom. The molecule has 24 heavy (non-hydrogen) atoms. The maximum Gasteiger partial charge on any atom is 0.271 e. The van der Waals surface area contributed by atoms with E-state index in [0.717, 1.165) is 5.39 Å². The molecular formula is C17H12ClF2N3O. The molecule has 0 atom stereocenters. The van der Waals surface area contributed by atoms with Crippen LogP contribution in [0.1, 0.15) is 10.5 Å². The highest BCUT2D eigenvalue weighted by Crippen LogP contribution is 2.27. The van der Waals surface area contributed by atoms with Gasteiger partial charge in [-0.2, -0.15) is 0 Å². The topological polar surface area (TPSA) is 38.1 Å². The maximum absolute atomic E-state index is 13.9. The number of aromatic nitrogens is 2. The Bertz CT molecular complexity index is 950. The van der Waals surface area contributed by atoms with E-state index in [2.05, 4.69) is 4.98 Å². The van der Waals surface area contributed by atoms with E-state index in [4.69, 9.17) is 11.6 Å². The molecule has 0 unspecified atom stereocenters. The Labute approximate surface area is 141 Å². The zero-order chi connectivity index (χ0) is 16.8. The van der Waals surface area contributed by atoms with Gasteiger partial charge >= 0.3 is 0 Å². The molecule has 2 aromatic heterocycles. The van der Waals surface area contributed by atoms with Crippen LogP contribution >= 0.6 is 11.6 Å². The zero-order valence-corrected chi connectivity index (χ0v) is 13.2. The Kier molecular flexibility index (Phi) is 3.49. The first-order valence-corrected chi connectivity index (χ1v) is 7.77. The number of pyridine rings is 1. The molecular weight excluding hydrogens is 336 g/mol. The summed E-state index contributed by atoms with van der Waals surface area (Å²) < 4.78 is 28.5. The number of fused-ring (bicyclic) bond motifs is 1. The number of hydrogen-bond acceptors (Lipinski definition) is 2. The normalized spacial score (nSPS) is 14.9. The van der Waals surface area contributed by atoms with Gasteiger partial charge in [-0.3, -0.25) is 9.36 Å². The fraction of sp³-hybridized carbons (Fsp3) is 0.176. The smallest absolute Gasteiger partial charge is 0.271 e. The summed E-state index contributed by atoms with van der Waals surface area (Å²) in [5, 5.41) is 0.743. The van der Waals surface area contributed by atoms with E-state index < -0.39 is 12.0 Å². The highest BCUT2D eigenvalue weighted by Gasteiger charge is 2.33. The first-order valence-electron chi connectivity index (χ1n) is 7.40. The van der Waals surface area contributed by atoms with Crippen LogP contribution in [0.15, 0.2) is 42.6 Å². The molecule has 1 aromatic carbocycles. The van der Waals surface area contributed by atoms with Gasteiger partial charge in [0, 0.05) is 11.6 Å². The Balaban J connectivity index is 1.90. The van der Waals surface area contributed by atoms with Crippen molar-refractivity contribution in [3.63, 3.8) is 0 Å². The third kappa shape index (κ3) is 2.34. The number of nitrogens with zero attached hydrogens (tertiary/aromatic N) is 3. The average Bonchev–Trinajstić information content (AvgIpc) is 2.93. The molecule has 0 saturated carbocycles. The lowest BCUT2D eigenvalue weighted by atomic mass is 10.1. The van der Waals surface area contributed by atoms with Crippen molar-refractivity contribution in [3.8, 4) is 5.69 Å². The van der Waals surface area contributed by atoms with Crippen LogP contribution < -0.4 is 0 Å². The van der Waals surface area contributed by atoms with Gasteiger partial charge < -0.3 is 4.90 Å². The van der Waals surface area contributed by atoms with Gasteiger partial charge in [-0.1, -0.05) is 11.6 Å². The number of halogens is 3. The molecule has 0 bridgehead atoms. The predicted octanol–water partition coefficient (Wildman–Crippen LogP) is 3.61. The minimum absolute atomic E-state index is 0.000869. The monoisotopic (exact) mass is 347 g/mol. The number of hydrogen-bond donors (Lipinski definition) is 0. The summed E-state index contributed by atoms with van der Waals surface area (Å²) in [5.41, 5.74) is 1.28. The summed E-state index contributed by atoms with van der Waals surface area (Å²) in [5.74, 6) is -0.893. The van der Waals surface area contributed by atoms with E-state index in [1.54, 1.807) is 29.0 Å². The summed E-state index contributed by atoms with van der Waals surface area (Å²) in [6, 6.07) is 9.55. The molecule has 0 spiro atoms. The molecule has 122 valence electrons. The van der Waals surface area contributed by atoms with Gasteiger partial charge in [-0.15, -0.1) is 0 Å². The van der Waals surface area contributed by atoms with Crippen molar-refractivity contribution in [1.82, 2.24) is 14.5 Å². The van der Waals surface area contributed by atoms with E-state index in [-0.39, 0.29) is 24.0 Å². The lowest BCUT2D eigenvalue weighted by molar-refractivity contribution is 0.0393. The van der Waals surface area contributed by atoms with Crippen LogP contribution in [0, 0.1) is 5.82 Å². The van der Waals surface area contributed by atoms with Gasteiger partial charge in [0.05, 0.1) is 23.8 Å². The largest absolute Gasteiger partial charge is 0.331 e. The van der Waals surface area contributed by atoms with Gasteiger partial charge in [0.1, 0.15) is 23.3 Å². The van der Waals surface area contributed by atoms with Crippen LogP contribution in [0.2, 0.25) is 5.02 Å². The highest BCUT2D eigenvalue weighted by atomic mass is 35.5. The summed E-state index contributed by atoms with van der Waals surface area (Å²) in [6.07, 6.45) is 0.610. The quantitative estimate of drug-likeness (QED) is 0.710. The molecule has 3 aromatic rings. The summed E-state index contributed by atoms with van der Waals surface area (Å²) >= 11 is 5.74. The average molecular weight is 348 g/mol. The van der Waals surface area contributed by atoms with Crippen LogP contribution in [-0.4, -0.2) is 39.6 Å². The van der Waals surface area contributed by atoms with E-state index in [1.165, 1.54) is 17.0 Å². The molecule has 7 heteroatoms. The second-order valence-corrected chi connectivity index (χ2v) is 6.09. The van der Waals surface area contributed by atoms with Gasteiger partial charge in [0.15, 0.2) is 0 Å². The van der Waals surface area contributed by atoms with Crippen LogP contribution in [0.3, 0.4) is 0 Å². The molecule has 4 rings (SSSR count). The van der Waals surface area contributed by atoms with Crippen molar-refractivity contribution in [3.05, 3.63) is 59.1 Å². The van der Waals surface area contributed by atoms with E-state index >= 15 is 0 Å². The van der Waals surface area contributed by atoms with Crippen LogP contribution in [-0.2, 0) is 0 Å².